The van der Waals surface area contributed by atoms with Gasteiger partial charge in [0.2, 0.25) is 5.91 Å². The van der Waals surface area contributed by atoms with Crippen LogP contribution in [0.2, 0.25) is 0 Å². The fraction of sp³-hybridized carbons (Fsp3) is 0.400. The Morgan fingerprint density at radius 1 is 1.43 bits per heavy atom. The van der Waals surface area contributed by atoms with E-state index in [-0.39, 0.29) is 31.2 Å². The fourth-order valence-electron chi connectivity index (χ4n) is 2.40. The second-order valence-corrected chi connectivity index (χ2v) is 5.10. The van der Waals surface area contributed by atoms with E-state index in [9.17, 15) is 14.0 Å². The lowest BCUT2D eigenvalue weighted by atomic mass is 10.1. The topological polar surface area (TPSA) is 99.2 Å². The summed E-state index contributed by atoms with van der Waals surface area (Å²) < 4.78 is 13.0. The number of aliphatic hydroxyl groups excluding tert-OH is 1. The van der Waals surface area contributed by atoms with Crippen molar-refractivity contribution in [2.24, 2.45) is 10.8 Å². The number of hydrazone groups is 1. The summed E-state index contributed by atoms with van der Waals surface area (Å²) in [5, 5.41) is 14.5. The van der Waals surface area contributed by atoms with Gasteiger partial charge < -0.3 is 15.7 Å². The van der Waals surface area contributed by atoms with E-state index in [2.05, 4.69) is 5.10 Å². The lowest BCUT2D eigenvalue weighted by Gasteiger charge is -2.20. The zero-order valence-electron chi connectivity index (χ0n) is 12.8. The fourth-order valence-corrected chi connectivity index (χ4v) is 2.40. The number of anilines is 1. The molecule has 0 fully saturated rings. The zero-order chi connectivity index (χ0) is 17.0. The summed E-state index contributed by atoms with van der Waals surface area (Å²) in [5.74, 6) is -1.38. The lowest BCUT2D eigenvalue weighted by molar-refractivity contribution is -0.124. The van der Waals surface area contributed by atoms with E-state index >= 15 is 0 Å². The molecule has 0 spiro atoms. The largest absolute Gasteiger partial charge is 0.395 e. The number of hydrogen-bond donors (Lipinski definition) is 2. The first-order valence-corrected chi connectivity index (χ1v) is 7.29. The number of nitrogens with zero attached hydrogens (tertiary/aromatic N) is 3. The van der Waals surface area contributed by atoms with Gasteiger partial charge in [0.05, 0.1) is 12.3 Å². The minimum atomic E-state index is -0.799. The highest BCUT2D eigenvalue weighted by molar-refractivity contribution is 6.40. The molecule has 7 nitrogen and oxygen atoms in total. The summed E-state index contributed by atoms with van der Waals surface area (Å²) in [5.41, 5.74) is 6.06. The van der Waals surface area contributed by atoms with E-state index in [4.69, 9.17) is 10.8 Å². The van der Waals surface area contributed by atoms with Crippen LogP contribution in [-0.4, -0.2) is 53.3 Å². The van der Waals surface area contributed by atoms with Crippen molar-refractivity contribution in [3.8, 4) is 0 Å². The molecule has 1 aliphatic heterocycles. The molecule has 3 N–H and O–H groups in total. The predicted octanol–water partition coefficient (Wildman–Crippen LogP) is 0.0865. The Labute approximate surface area is 133 Å². The maximum absolute atomic E-state index is 13.0. The van der Waals surface area contributed by atoms with Crippen molar-refractivity contribution in [3.05, 3.63) is 30.1 Å². The van der Waals surface area contributed by atoms with Crippen LogP contribution in [0.4, 0.5) is 10.1 Å². The molecule has 23 heavy (non-hydrogen) atoms. The van der Waals surface area contributed by atoms with Crippen molar-refractivity contribution in [2.45, 2.75) is 19.4 Å². The van der Waals surface area contributed by atoms with Gasteiger partial charge in [0.25, 0.3) is 5.91 Å². The predicted molar refractivity (Wildman–Crippen MR) is 83.3 cm³/mol. The second-order valence-electron chi connectivity index (χ2n) is 5.10. The quantitative estimate of drug-likeness (QED) is 0.775. The second kappa shape index (κ2) is 7.19. The van der Waals surface area contributed by atoms with Crippen LogP contribution in [0.15, 0.2) is 29.4 Å². The summed E-state index contributed by atoms with van der Waals surface area (Å²) in [6.07, 6.45) is 0.0769. The van der Waals surface area contributed by atoms with Gasteiger partial charge in [0, 0.05) is 19.5 Å². The molecule has 0 radical (unpaired) electrons. The van der Waals surface area contributed by atoms with Crippen LogP contribution in [0.5, 0.6) is 0 Å². The number of halogens is 1. The Kier molecular flexibility index (Phi) is 5.28. The maximum atomic E-state index is 13.0. The van der Waals surface area contributed by atoms with E-state index in [1.165, 1.54) is 34.2 Å². The average molecular weight is 322 g/mol. The molecule has 1 atom stereocenters. The number of aliphatic hydroxyl groups is 1. The number of carbonyl (C=O) groups is 2. The van der Waals surface area contributed by atoms with Crippen LogP contribution < -0.4 is 10.7 Å². The molecule has 1 aliphatic rings. The molecule has 1 aromatic carbocycles. The lowest BCUT2D eigenvalue weighted by Crippen LogP contribution is -2.41. The van der Waals surface area contributed by atoms with Crippen LogP contribution in [-0.2, 0) is 9.59 Å². The van der Waals surface area contributed by atoms with Crippen molar-refractivity contribution in [1.82, 2.24) is 4.90 Å². The zero-order valence-corrected chi connectivity index (χ0v) is 12.8. The first-order valence-electron chi connectivity index (χ1n) is 7.29. The first kappa shape index (κ1) is 16.9. The van der Waals surface area contributed by atoms with Gasteiger partial charge in [-0.15, -0.1) is 0 Å². The standard InChI is InChI=1S/C15H19FN4O3/c1-2-19(7-8-21)15(23)12-9-13(14(17)22)20(18-12)11-5-3-10(16)4-6-11/h3-6,13,21H,2,7-9H2,1H3,(H2,17,22)/t13-/m1/s1. The van der Waals surface area contributed by atoms with E-state index in [0.29, 0.717) is 12.2 Å². The van der Waals surface area contributed by atoms with E-state index in [1.807, 2.05) is 0 Å². The summed E-state index contributed by atoms with van der Waals surface area (Å²) in [6, 6.07) is 4.62. The molecular weight excluding hydrogens is 303 g/mol. The Hall–Kier alpha value is -2.48. The molecule has 0 saturated heterocycles. The summed E-state index contributed by atoms with van der Waals surface area (Å²) in [4.78, 5) is 25.5. The Bertz CT molecular complexity index is 618. The summed E-state index contributed by atoms with van der Waals surface area (Å²) in [6.45, 7) is 2.22. The summed E-state index contributed by atoms with van der Waals surface area (Å²) >= 11 is 0. The van der Waals surface area contributed by atoms with Crippen LogP contribution >= 0.6 is 0 Å². The van der Waals surface area contributed by atoms with Gasteiger partial charge >= 0.3 is 0 Å². The van der Waals surface area contributed by atoms with Crippen LogP contribution in [0.25, 0.3) is 0 Å². The molecule has 124 valence electrons. The number of nitrogens with two attached hydrogens (primary N) is 1. The molecule has 2 amide bonds. The minimum absolute atomic E-state index is 0.0769. The van der Waals surface area contributed by atoms with Crippen molar-refractivity contribution >= 4 is 23.2 Å². The van der Waals surface area contributed by atoms with Gasteiger partial charge in [-0.1, -0.05) is 0 Å². The van der Waals surface area contributed by atoms with Gasteiger partial charge in [-0.05, 0) is 31.2 Å². The minimum Gasteiger partial charge on any atom is -0.395 e. The van der Waals surface area contributed by atoms with Gasteiger partial charge in [-0.3, -0.25) is 14.6 Å². The number of carbonyl (C=O) groups excluding carboxylic acids is 2. The third kappa shape index (κ3) is 3.65. The highest BCUT2D eigenvalue weighted by Crippen LogP contribution is 2.25. The van der Waals surface area contributed by atoms with Crippen LogP contribution in [0.1, 0.15) is 13.3 Å². The Balaban J connectivity index is 2.28. The van der Waals surface area contributed by atoms with Crippen LogP contribution in [0.3, 0.4) is 0 Å². The van der Waals surface area contributed by atoms with Gasteiger partial charge in [-0.2, -0.15) is 5.10 Å². The van der Waals surface area contributed by atoms with E-state index in [1.54, 1.807) is 6.92 Å². The van der Waals surface area contributed by atoms with E-state index < -0.39 is 17.8 Å². The number of primary amides is 1. The number of benzene rings is 1. The molecule has 0 saturated carbocycles. The van der Waals surface area contributed by atoms with E-state index in [0.717, 1.165) is 0 Å². The highest BCUT2D eigenvalue weighted by Gasteiger charge is 2.36. The van der Waals surface area contributed by atoms with Crippen molar-refractivity contribution in [1.29, 1.82) is 0 Å². The third-order valence-corrected chi connectivity index (χ3v) is 3.62. The van der Waals surface area contributed by atoms with Gasteiger partial charge in [0.15, 0.2) is 0 Å². The molecule has 0 bridgehead atoms. The van der Waals surface area contributed by atoms with Crippen LogP contribution in [0, 0.1) is 5.82 Å². The molecule has 0 aromatic heterocycles. The smallest absolute Gasteiger partial charge is 0.270 e. The molecule has 2 rings (SSSR count). The Morgan fingerprint density at radius 3 is 2.61 bits per heavy atom. The number of amides is 2. The number of hydrogen-bond acceptors (Lipinski definition) is 5. The maximum Gasteiger partial charge on any atom is 0.270 e. The van der Waals surface area contributed by atoms with Crippen molar-refractivity contribution < 1.29 is 19.1 Å². The molecule has 0 unspecified atom stereocenters. The molecular formula is C15H19FN4O3. The number of rotatable bonds is 6. The first-order chi connectivity index (χ1) is 11.0. The molecule has 8 heteroatoms. The Morgan fingerprint density at radius 2 is 2.09 bits per heavy atom. The van der Waals surface area contributed by atoms with Gasteiger partial charge in [0.1, 0.15) is 17.6 Å². The third-order valence-electron chi connectivity index (χ3n) is 3.62. The summed E-state index contributed by atoms with van der Waals surface area (Å²) in [7, 11) is 0. The molecule has 1 aromatic rings. The highest BCUT2D eigenvalue weighted by atomic mass is 19.1. The van der Waals surface area contributed by atoms with Crippen molar-refractivity contribution in [2.75, 3.05) is 24.7 Å². The normalized spacial score (nSPS) is 17.1. The monoisotopic (exact) mass is 322 g/mol. The van der Waals surface area contributed by atoms with Crippen molar-refractivity contribution in [3.63, 3.8) is 0 Å². The molecule has 0 aliphatic carbocycles. The SMILES string of the molecule is CCN(CCO)C(=O)C1=NN(c2ccc(F)cc2)[C@@H](C(N)=O)C1. The van der Waals surface area contributed by atoms with Gasteiger partial charge in [-0.25, -0.2) is 4.39 Å². The molecule has 1 heterocycles. The number of likely N-dealkylation sites (N-methyl/N-ethyl adjacent to an activating group) is 1. The average Bonchev–Trinajstić information content (AvgIpc) is 2.98.